The first-order chi connectivity index (χ1) is 13.1. The van der Waals surface area contributed by atoms with Crippen molar-refractivity contribution < 1.29 is 9.53 Å². The number of methoxy groups -OCH3 is 1. The summed E-state index contributed by atoms with van der Waals surface area (Å²) in [4.78, 5) is 25.4. The molecule has 1 aromatic carbocycles. The van der Waals surface area contributed by atoms with Crippen LogP contribution in [0.25, 0.3) is 22.7 Å². The maximum Gasteiger partial charge on any atom is 0.256 e. The van der Waals surface area contributed by atoms with Crippen molar-refractivity contribution in [1.29, 1.82) is 0 Å². The lowest BCUT2D eigenvalue weighted by Gasteiger charge is -2.09. The predicted molar refractivity (Wildman–Crippen MR) is 107 cm³/mol. The third-order valence-corrected chi connectivity index (χ3v) is 4.89. The maximum atomic E-state index is 12.6. The number of ether oxygens (including phenoxy) is 1. The molecule has 2 aromatic heterocycles. The maximum absolute atomic E-state index is 12.6. The van der Waals surface area contributed by atoms with Crippen molar-refractivity contribution in [2.24, 2.45) is 0 Å². The second-order valence-corrected chi connectivity index (χ2v) is 6.69. The minimum Gasteiger partial charge on any atom is -0.495 e. The van der Waals surface area contributed by atoms with E-state index in [4.69, 9.17) is 14.7 Å². The van der Waals surface area contributed by atoms with Crippen LogP contribution in [0.15, 0.2) is 24.4 Å². The number of benzene rings is 1. The highest BCUT2D eigenvalue weighted by molar-refractivity contribution is 6.37. The van der Waals surface area contributed by atoms with Gasteiger partial charge in [-0.2, -0.15) is 0 Å². The number of amides is 1. The lowest BCUT2D eigenvalue weighted by Crippen LogP contribution is -2.03. The molecule has 0 spiro atoms. The fourth-order valence-electron chi connectivity index (χ4n) is 3.45. The zero-order valence-electron chi connectivity index (χ0n) is 15.7. The second kappa shape index (κ2) is 6.87. The van der Waals surface area contributed by atoms with E-state index in [2.05, 4.69) is 17.2 Å². The number of H-pyrrole nitrogens is 1. The van der Waals surface area contributed by atoms with Crippen LogP contribution >= 0.6 is 0 Å². The Morgan fingerprint density at radius 3 is 2.85 bits per heavy atom. The number of aryl methyl sites for hydroxylation is 2. The van der Waals surface area contributed by atoms with Crippen LogP contribution in [0.4, 0.5) is 5.69 Å². The Bertz CT molecular complexity index is 1070. The van der Waals surface area contributed by atoms with Crippen LogP contribution in [-0.4, -0.2) is 28.0 Å². The molecule has 1 aliphatic heterocycles. The molecule has 4 rings (SSSR count). The lowest BCUT2D eigenvalue weighted by atomic mass is 10.0. The molecule has 3 heterocycles. The molecule has 2 N–H and O–H groups in total. The summed E-state index contributed by atoms with van der Waals surface area (Å²) in [5.74, 6) is 0.543. The number of nitrogens with zero attached hydrogens (tertiary/aromatic N) is 2. The Kier molecular flexibility index (Phi) is 4.39. The van der Waals surface area contributed by atoms with Crippen LogP contribution in [-0.2, 0) is 11.2 Å². The molecule has 138 valence electrons. The number of aromatic nitrogens is 3. The monoisotopic (exact) mass is 362 g/mol. The van der Waals surface area contributed by atoms with Gasteiger partial charge in [0.2, 0.25) is 0 Å². The smallest absolute Gasteiger partial charge is 0.256 e. The number of carbonyl (C=O) groups excluding carboxylic acids is 1. The summed E-state index contributed by atoms with van der Waals surface area (Å²) in [6.45, 7) is 4.16. The van der Waals surface area contributed by atoms with Gasteiger partial charge in [-0.15, -0.1) is 0 Å². The molecule has 0 fully saturated rings. The molecule has 0 bridgehead atoms. The summed E-state index contributed by atoms with van der Waals surface area (Å²) in [6.07, 6.45) is 6.65. The normalized spacial score (nSPS) is 14.6. The van der Waals surface area contributed by atoms with Gasteiger partial charge in [0.25, 0.3) is 5.91 Å². The molecular weight excluding hydrogens is 340 g/mol. The largest absolute Gasteiger partial charge is 0.495 e. The van der Waals surface area contributed by atoms with Gasteiger partial charge in [-0.3, -0.25) is 4.79 Å². The number of unbranched alkanes of at least 4 members (excludes halogenated alkanes) is 1. The van der Waals surface area contributed by atoms with E-state index in [1.807, 2.05) is 31.2 Å². The number of aromatic amines is 1. The molecule has 6 heteroatoms. The Morgan fingerprint density at radius 1 is 1.22 bits per heavy atom. The predicted octanol–water partition coefficient (Wildman–Crippen LogP) is 4.11. The van der Waals surface area contributed by atoms with E-state index in [1.54, 1.807) is 13.3 Å². The van der Waals surface area contributed by atoms with Crippen LogP contribution in [0.2, 0.25) is 0 Å². The van der Waals surface area contributed by atoms with E-state index >= 15 is 0 Å². The van der Waals surface area contributed by atoms with E-state index in [1.165, 1.54) is 0 Å². The molecule has 0 saturated heterocycles. The highest BCUT2D eigenvalue weighted by Crippen LogP contribution is 2.38. The van der Waals surface area contributed by atoms with Gasteiger partial charge in [-0.1, -0.05) is 13.3 Å². The highest BCUT2D eigenvalue weighted by Gasteiger charge is 2.28. The zero-order chi connectivity index (χ0) is 19.0. The summed E-state index contributed by atoms with van der Waals surface area (Å²) in [5, 5.41) is 2.94. The topological polar surface area (TPSA) is 79.9 Å². The molecule has 0 aliphatic carbocycles. The van der Waals surface area contributed by atoms with Crippen molar-refractivity contribution in [2.75, 3.05) is 12.4 Å². The lowest BCUT2D eigenvalue weighted by molar-refractivity contribution is -0.110. The Hall–Kier alpha value is -3.15. The average molecular weight is 362 g/mol. The van der Waals surface area contributed by atoms with Crippen LogP contribution < -0.4 is 10.1 Å². The summed E-state index contributed by atoms with van der Waals surface area (Å²) in [5.41, 5.74) is 6.39. The number of anilines is 1. The molecule has 1 amide bonds. The minimum absolute atomic E-state index is 0.147. The Labute approximate surface area is 157 Å². The van der Waals surface area contributed by atoms with Gasteiger partial charge in [-0.25, -0.2) is 9.97 Å². The number of nitrogens with one attached hydrogen (secondary N) is 2. The molecule has 3 aromatic rings. The number of carbonyl (C=O) groups is 1. The van der Waals surface area contributed by atoms with Crippen LogP contribution in [0.3, 0.4) is 0 Å². The van der Waals surface area contributed by atoms with Crippen molar-refractivity contribution in [3.05, 3.63) is 47.0 Å². The summed E-state index contributed by atoms with van der Waals surface area (Å²) in [6, 6.07) is 5.63. The molecule has 27 heavy (non-hydrogen) atoms. The Balaban J connectivity index is 1.91. The van der Waals surface area contributed by atoms with Gasteiger partial charge in [-0.05, 0) is 44.0 Å². The van der Waals surface area contributed by atoms with Crippen molar-refractivity contribution in [3.63, 3.8) is 0 Å². The second-order valence-electron chi connectivity index (χ2n) is 6.69. The van der Waals surface area contributed by atoms with E-state index in [0.29, 0.717) is 11.3 Å². The van der Waals surface area contributed by atoms with Gasteiger partial charge in [0, 0.05) is 11.8 Å². The van der Waals surface area contributed by atoms with Crippen LogP contribution in [0.1, 0.15) is 42.4 Å². The van der Waals surface area contributed by atoms with E-state index < -0.39 is 0 Å². The molecular formula is C21H22N4O2. The first-order valence-electron chi connectivity index (χ1n) is 9.17. The average Bonchev–Trinajstić information content (AvgIpc) is 3.24. The van der Waals surface area contributed by atoms with Gasteiger partial charge in [0.15, 0.2) is 0 Å². The van der Waals surface area contributed by atoms with Gasteiger partial charge < -0.3 is 15.0 Å². The molecule has 0 radical (unpaired) electrons. The third-order valence-electron chi connectivity index (χ3n) is 4.89. The van der Waals surface area contributed by atoms with Crippen molar-refractivity contribution in [2.45, 2.75) is 33.1 Å². The Morgan fingerprint density at radius 2 is 2.07 bits per heavy atom. The number of hydrogen-bond donors (Lipinski definition) is 2. The molecule has 6 nitrogen and oxygen atoms in total. The first kappa shape index (κ1) is 17.3. The number of fused-ring (bicyclic) bond motifs is 3. The number of hydrogen-bond acceptors (Lipinski definition) is 4. The van der Waals surface area contributed by atoms with Crippen molar-refractivity contribution in [3.8, 4) is 5.75 Å². The molecule has 0 saturated carbocycles. The standard InChI is InChI=1S/C21H22N4O2/c1-4-5-6-14-12(2)23-16-8-7-15-19(20(16)24-14)13(21(26)25-15)11-17-18(27-3)9-10-22-17/h7-11,22H,4-6H2,1-3H3,(H,25,26)/b13-11-. The zero-order valence-corrected chi connectivity index (χ0v) is 15.7. The summed E-state index contributed by atoms with van der Waals surface area (Å²) < 4.78 is 5.35. The van der Waals surface area contributed by atoms with Crippen molar-refractivity contribution >= 4 is 34.3 Å². The number of rotatable bonds is 5. The minimum atomic E-state index is -0.147. The van der Waals surface area contributed by atoms with E-state index in [-0.39, 0.29) is 5.91 Å². The third kappa shape index (κ3) is 2.97. The molecule has 1 aliphatic rings. The van der Waals surface area contributed by atoms with Gasteiger partial charge >= 0.3 is 0 Å². The fraction of sp³-hybridized carbons (Fsp3) is 0.286. The van der Waals surface area contributed by atoms with E-state index in [9.17, 15) is 4.79 Å². The first-order valence-corrected chi connectivity index (χ1v) is 9.17. The quantitative estimate of drug-likeness (QED) is 0.670. The van der Waals surface area contributed by atoms with E-state index in [0.717, 1.165) is 58.6 Å². The van der Waals surface area contributed by atoms with Gasteiger partial charge in [0.05, 0.1) is 46.5 Å². The van der Waals surface area contributed by atoms with Gasteiger partial charge in [0.1, 0.15) is 5.75 Å². The summed E-state index contributed by atoms with van der Waals surface area (Å²) in [7, 11) is 1.61. The van der Waals surface area contributed by atoms with Crippen LogP contribution in [0.5, 0.6) is 5.75 Å². The van der Waals surface area contributed by atoms with Crippen LogP contribution in [0, 0.1) is 6.92 Å². The molecule has 0 atom stereocenters. The summed E-state index contributed by atoms with van der Waals surface area (Å²) >= 11 is 0. The van der Waals surface area contributed by atoms with Crippen molar-refractivity contribution in [1.82, 2.24) is 15.0 Å². The fourth-order valence-corrected chi connectivity index (χ4v) is 3.45. The SMILES string of the molecule is CCCCc1nc2c3c(ccc2nc1C)NC(=O)/C3=C\c1[nH]ccc1OC. The molecule has 0 unspecified atom stereocenters. The highest BCUT2D eigenvalue weighted by atomic mass is 16.5.